The molecule has 0 N–H and O–H groups in total. The summed E-state index contributed by atoms with van der Waals surface area (Å²) in [6, 6.07) is 30.0. The molecule has 0 saturated carbocycles. The van der Waals surface area contributed by atoms with E-state index in [9.17, 15) is 0 Å². The molecule has 1 nitrogen and oxygen atoms in total. The van der Waals surface area contributed by atoms with Crippen LogP contribution in [0.1, 0.15) is 11.1 Å². The predicted octanol–water partition coefficient (Wildman–Crippen LogP) is 6.09. The fourth-order valence-electron chi connectivity index (χ4n) is 3.58. The molecule has 0 bridgehead atoms. The average Bonchev–Trinajstić information content (AvgIpc) is 2.97. The second-order valence-corrected chi connectivity index (χ2v) is 6.27. The molecular formula is C24H21N. The lowest BCUT2D eigenvalue weighted by molar-refractivity contribution is 0.841. The van der Waals surface area contributed by atoms with Gasteiger partial charge in [-0.1, -0.05) is 84.9 Å². The number of nitrogens with zero attached hydrogens (tertiary/aromatic N) is 1. The summed E-state index contributed by atoms with van der Waals surface area (Å²) in [6.07, 6.45) is 2.87. The van der Waals surface area contributed by atoms with Gasteiger partial charge in [-0.3, -0.25) is 0 Å². The van der Waals surface area contributed by atoms with E-state index in [4.69, 9.17) is 0 Å². The summed E-state index contributed by atoms with van der Waals surface area (Å²) in [5.41, 5.74) is 6.50. The lowest BCUT2D eigenvalue weighted by Crippen LogP contribution is -2.02. The number of hydrogen-bond donors (Lipinski definition) is 0. The van der Waals surface area contributed by atoms with E-state index in [0.717, 1.165) is 13.0 Å². The molecule has 0 aliphatic rings. The summed E-state index contributed by atoms with van der Waals surface area (Å²) in [7, 11) is 0. The molecule has 1 heteroatoms. The first-order valence-electron chi connectivity index (χ1n) is 8.69. The maximum absolute atomic E-state index is 3.98. The van der Waals surface area contributed by atoms with Gasteiger partial charge < -0.3 is 4.57 Å². The smallest absolute Gasteiger partial charge is 0.0530 e. The van der Waals surface area contributed by atoms with Crippen molar-refractivity contribution in [1.82, 2.24) is 4.57 Å². The van der Waals surface area contributed by atoms with Crippen molar-refractivity contribution >= 4 is 10.9 Å². The lowest BCUT2D eigenvalue weighted by atomic mass is 10.0. The molecule has 4 rings (SSSR count). The minimum atomic E-state index is 0.864. The highest BCUT2D eigenvalue weighted by Crippen LogP contribution is 2.35. The Morgan fingerprint density at radius 1 is 0.760 bits per heavy atom. The van der Waals surface area contributed by atoms with E-state index in [0.29, 0.717) is 0 Å². The molecule has 0 amide bonds. The molecule has 0 unspecified atom stereocenters. The van der Waals surface area contributed by atoms with Gasteiger partial charge >= 0.3 is 0 Å². The van der Waals surface area contributed by atoms with Crippen molar-refractivity contribution in [3.05, 3.63) is 109 Å². The van der Waals surface area contributed by atoms with Crippen molar-refractivity contribution < 1.29 is 0 Å². The number of rotatable bonds is 5. The summed E-state index contributed by atoms with van der Waals surface area (Å²) in [5, 5.41) is 1.32. The molecule has 4 aromatic rings. The molecule has 0 atom stereocenters. The van der Waals surface area contributed by atoms with Crippen LogP contribution in [-0.2, 0) is 13.0 Å². The van der Waals surface area contributed by atoms with Crippen LogP contribution in [0.3, 0.4) is 0 Å². The third kappa shape index (κ3) is 2.89. The van der Waals surface area contributed by atoms with E-state index in [1.807, 2.05) is 6.08 Å². The molecule has 0 fully saturated rings. The summed E-state index contributed by atoms with van der Waals surface area (Å²) >= 11 is 0. The van der Waals surface area contributed by atoms with E-state index < -0.39 is 0 Å². The molecular weight excluding hydrogens is 302 g/mol. The maximum atomic E-state index is 3.98. The van der Waals surface area contributed by atoms with Crippen LogP contribution < -0.4 is 0 Å². The molecule has 0 aliphatic heterocycles. The quantitative estimate of drug-likeness (QED) is 0.392. The Morgan fingerprint density at radius 3 is 2.12 bits per heavy atom. The van der Waals surface area contributed by atoms with Gasteiger partial charge in [0.2, 0.25) is 0 Å². The zero-order valence-electron chi connectivity index (χ0n) is 14.2. The van der Waals surface area contributed by atoms with Crippen molar-refractivity contribution in [1.29, 1.82) is 0 Å². The van der Waals surface area contributed by atoms with Crippen LogP contribution >= 0.6 is 0 Å². The Labute approximate surface area is 148 Å². The SMILES string of the molecule is C=CCc1c(-c2ccccc2)n(Cc2ccccc2)c2ccccc12. The van der Waals surface area contributed by atoms with E-state index in [1.54, 1.807) is 0 Å². The topological polar surface area (TPSA) is 4.93 Å². The van der Waals surface area contributed by atoms with Gasteiger partial charge in [-0.15, -0.1) is 6.58 Å². The van der Waals surface area contributed by atoms with Gasteiger partial charge in [0.1, 0.15) is 0 Å². The number of fused-ring (bicyclic) bond motifs is 1. The van der Waals surface area contributed by atoms with Crippen LogP contribution in [0.5, 0.6) is 0 Å². The van der Waals surface area contributed by atoms with Crippen LogP contribution in [0, 0.1) is 0 Å². The monoisotopic (exact) mass is 323 g/mol. The second-order valence-electron chi connectivity index (χ2n) is 6.27. The third-order valence-electron chi connectivity index (χ3n) is 4.65. The Kier molecular flexibility index (Phi) is 4.22. The number of hydrogen-bond acceptors (Lipinski definition) is 0. The highest BCUT2D eigenvalue weighted by Gasteiger charge is 2.17. The van der Waals surface area contributed by atoms with Gasteiger partial charge in [-0.2, -0.15) is 0 Å². The van der Waals surface area contributed by atoms with Crippen molar-refractivity contribution in [2.45, 2.75) is 13.0 Å². The molecule has 122 valence electrons. The Hall–Kier alpha value is -3.06. The Balaban J connectivity index is 2.00. The summed E-state index contributed by atoms with van der Waals surface area (Å²) in [6.45, 7) is 4.85. The highest BCUT2D eigenvalue weighted by atomic mass is 15.0. The van der Waals surface area contributed by atoms with Crippen molar-refractivity contribution in [3.63, 3.8) is 0 Å². The van der Waals surface area contributed by atoms with E-state index in [2.05, 4.69) is 96.1 Å². The molecule has 25 heavy (non-hydrogen) atoms. The van der Waals surface area contributed by atoms with Crippen molar-refractivity contribution in [2.75, 3.05) is 0 Å². The zero-order chi connectivity index (χ0) is 17.1. The third-order valence-corrected chi connectivity index (χ3v) is 4.65. The normalized spacial score (nSPS) is 10.9. The molecule has 1 aromatic heterocycles. The van der Waals surface area contributed by atoms with Gasteiger partial charge in [0.15, 0.2) is 0 Å². The fourth-order valence-corrected chi connectivity index (χ4v) is 3.58. The Morgan fingerprint density at radius 2 is 1.40 bits per heavy atom. The molecule has 1 heterocycles. The van der Waals surface area contributed by atoms with E-state index in [-0.39, 0.29) is 0 Å². The molecule has 0 saturated heterocycles. The summed E-state index contributed by atoms with van der Waals surface area (Å²) < 4.78 is 2.44. The van der Waals surface area contributed by atoms with Crippen molar-refractivity contribution in [2.24, 2.45) is 0 Å². The number of aromatic nitrogens is 1. The van der Waals surface area contributed by atoms with Gasteiger partial charge in [-0.05, 0) is 29.2 Å². The number of para-hydroxylation sites is 1. The minimum absolute atomic E-state index is 0.864. The molecule has 0 radical (unpaired) electrons. The summed E-state index contributed by atoms with van der Waals surface area (Å²) in [4.78, 5) is 0. The standard InChI is InChI=1S/C24H21N/c1-2-11-22-21-16-9-10-17-23(21)25(18-19-12-5-3-6-13-19)24(22)20-14-7-4-8-15-20/h2-10,12-17H,1,11,18H2. The average molecular weight is 323 g/mol. The minimum Gasteiger partial charge on any atom is -0.336 e. The molecule has 3 aromatic carbocycles. The van der Waals surface area contributed by atoms with Gasteiger partial charge in [0, 0.05) is 17.4 Å². The van der Waals surface area contributed by atoms with Crippen LogP contribution in [0.25, 0.3) is 22.2 Å². The van der Waals surface area contributed by atoms with E-state index >= 15 is 0 Å². The van der Waals surface area contributed by atoms with Crippen LogP contribution in [0.2, 0.25) is 0 Å². The number of benzene rings is 3. The van der Waals surface area contributed by atoms with Gasteiger partial charge in [0.25, 0.3) is 0 Å². The van der Waals surface area contributed by atoms with Crippen molar-refractivity contribution in [3.8, 4) is 11.3 Å². The second kappa shape index (κ2) is 6.82. The number of allylic oxidation sites excluding steroid dienone is 1. The first-order chi connectivity index (χ1) is 12.4. The predicted molar refractivity (Wildman–Crippen MR) is 107 cm³/mol. The Bertz CT molecular complexity index is 994. The maximum Gasteiger partial charge on any atom is 0.0530 e. The molecule has 0 spiro atoms. The van der Waals surface area contributed by atoms with Crippen LogP contribution in [-0.4, -0.2) is 4.57 Å². The first-order valence-corrected chi connectivity index (χ1v) is 8.69. The van der Waals surface area contributed by atoms with Crippen LogP contribution in [0.15, 0.2) is 97.6 Å². The highest BCUT2D eigenvalue weighted by molar-refractivity contribution is 5.92. The summed E-state index contributed by atoms with van der Waals surface area (Å²) in [5.74, 6) is 0. The van der Waals surface area contributed by atoms with Crippen LogP contribution in [0.4, 0.5) is 0 Å². The largest absolute Gasteiger partial charge is 0.336 e. The zero-order valence-corrected chi connectivity index (χ0v) is 14.2. The molecule has 0 aliphatic carbocycles. The van der Waals surface area contributed by atoms with E-state index in [1.165, 1.54) is 33.3 Å². The fraction of sp³-hybridized carbons (Fsp3) is 0.0833. The lowest BCUT2D eigenvalue weighted by Gasteiger charge is -2.13. The van der Waals surface area contributed by atoms with Gasteiger partial charge in [0.05, 0.1) is 5.69 Å². The van der Waals surface area contributed by atoms with Gasteiger partial charge in [-0.25, -0.2) is 0 Å². The first kappa shape index (κ1) is 15.5.